The first-order chi connectivity index (χ1) is 8.02. The van der Waals surface area contributed by atoms with Crippen LogP contribution in [0.25, 0.3) is 11.3 Å². The third kappa shape index (κ3) is 2.07. The molecule has 2 aromatic rings. The molecule has 17 heavy (non-hydrogen) atoms. The number of anilines is 1. The maximum Gasteiger partial charge on any atom is 0.149 e. The number of aromatic amines is 1. The summed E-state index contributed by atoms with van der Waals surface area (Å²) in [6.07, 6.45) is 0. The Morgan fingerprint density at radius 3 is 2.76 bits per heavy atom. The molecule has 0 radical (unpaired) electrons. The first-order valence-corrected chi connectivity index (χ1v) is 6.09. The average Bonchev–Trinajstić information content (AvgIpc) is 2.64. The van der Waals surface area contributed by atoms with Crippen molar-refractivity contribution < 1.29 is 4.39 Å². The zero-order valence-corrected chi connectivity index (χ0v) is 11.2. The lowest BCUT2D eigenvalue weighted by atomic mass is 9.98. The van der Waals surface area contributed by atoms with Crippen molar-refractivity contribution in [2.24, 2.45) is 0 Å². The van der Waals surface area contributed by atoms with E-state index >= 15 is 0 Å². The molecule has 2 rings (SSSR count). The van der Waals surface area contributed by atoms with Crippen molar-refractivity contribution in [2.75, 3.05) is 5.73 Å². The highest BCUT2D eigenvalue weighted by atomic mass is 79.9. The highest BCUT2D eigenvalue weighted by Crippen LogP contribution is 2.34. The molecule has 1 aromatic carbocycles. The third-order valence-corrected chi connectivity index (χ3v) is 3.24. The Labute approximate surface area is 107 Å². The standard InChI is InChI=1S/C12H13BrFN3/c1-6(2)9-11(16-17-12(9)15)7-4-3-5-8(13)10(7)14/h3-6H,1-2H3,(H3,15,16,17). The number of hydrogen-bond acceptors (Lipinski definition) is 2. The van der Waals surface area contributed by atoms with Crippen LogP contribution in [0.15, 0.2) is 22.7 Å². The topological polar surface area (TPSA) is 54.7 Å². The Morgan fingerprint density at radius 2 is 2.12 bits per heavy atom. The van der Waals surface area contributed by atoms with Gasteiger partial charge in [0.15, 0.2) is 0 Å². The van der Waals surface area contributed by atoms with Gasteiger partial charge in [-0.15, -0.1) is 0 Å². The molecule has 3 nitrogen and oxygen atoms in total. The van der Waals surface area contributed by atoms with E-state index in [1.54, 1.807) is 18.2 Å². The predicted molar refractivity (Wildman–Crippen MR) is 70.2 cm³/mol. The molecular weight excluding hydrogens is 285 g/mol. The molecule has 90 valence electrons. The number of nitrogen functional groups attached to an aromatic ring is 1. The number of nitrogens with one attached hydrogen (secondary N) is 1. The normalized spacial score (nSPS) is 11.1. The van der Waals surface area contributed by atoms with Crippen LogP contribution in [0.4, 0.5) is 10.2 Å². The fourth-order valence-electron chi connectivity index (χ4n) is 1.85. The van der Waals surface area contributed by atoms with E-state index in [0.29, 0.717) is 21.5 Å². The van der Waals surface area contributed by atoms with Crippen molar-refractivity contribution in [3.63, 3.8) is 0 Å². The van der Waals surface area contributed by atoms with Crippen molar-refractivity contribution in [3.05, 3.63) is 34.1 Å². The van der Waals surface area contributed by atoms with Gasteiger partial charge in [0.25, 0.3) is 0 Å². The summed E-state index contributed by atoms with van der Waals surface area (Å²) in [5.41, 5.74) is 7.77. The van der Waals surface area contributed by atoms with Crippen LogP contribution in [0, 0.1) is 5.82 Å². The molecule has 3 N–H and O–H groups in total. The van der Waals surface area contributed by atoms with Crippen LogP contribution in [0.5, 0.6) is 0 Å². The summed E-state index contributed by atoms with van der Waals surface area (Å²) in [5, 5.41) is 6.76. The predicted octanol–water partition coefficient (Wildman–Crippen LogP) is 3.68. The summed E-state index contributed by atoms with van der Waals surface area (Å²) in [5.74, 6) is 0.301. The first kappa shape index (κ1) is 12.1. The monoisotopic (exact) mass is 297 g/mol. The third-order valence-electron chi connectivity index (χ3n) is 2.63. The van der Waals surface area contributed by atoms with Gasteiger partial charge in [-0.2, -0.15) is 5.10 Å². The number of benzene rings is 1. The van der Waals surface area contributed by atoms with Gasteiger partial charge in [-0.05, 0) is 34.0 Å². The van der Waals surface area contributed by atoms with Gasteiger partial charge in [0.1, 0.15) is 11.6 Å². The van der Waals surface area contributed by atoms with Crippen LogP contribution >= 0.6 is 15.9 Å². The minimum absolute atomic E-state index is 0.183. The van der Waals surface area contributed by atoms with E-state index in [1.807, 2.05) is 13.8 Å². The lowest BCUT2D eigenvalue weighted by molar-refractivity contribution is 0.623. The number of aromatic nitrogens is 2. The van der Waals surface area contributed by atoms with E-state index in [1.165, 1.54) is 0 Å². The summed E-state index contributed by atoms with van der Waals surface area (Å²) >= 11 is 3.17. The number of H-pyrrole nitrogens is 1. The fourth-order valence-corrected chi connectivity index (χ4v) is 2.22. The molecule has 0 amide bonds. The molecule has 1 heterocycles. The van der Waals surface area contributed by atoms with Crippen LogP contribution in [-0.2, 0) is 0 Å². The number of hydrogen-bond donors (Lipinski definition) is 2. The number of nitrogens with zero attached hydrogens (tertiary/aromatic N) is 1. The molecule has 0 aliphatic rings. The number of nitrogens with two attached hydrogens (primary N) is 1. The Balaban J connectivity index is 2.65. The smallest absolute Gasteiger partial charge is 0.149 e. The maximum absolute atomic E-state index is 14.0. The Morgan fingerprint density at radius 1 is 1.41 bits per heavy atom. The lowest BCUT2D eigenvalue weighted by Crippen LogP contribution is -1.96. The number of halogens is 2. The molecule has 0 aliphatic heterocycles. The van der Waals surface area contributed by atoms with Crippen LogP contribution in [0.2, 0.25) is 0 Å². The number of rotatable bonds is 2. The van der Waals surface area contributed by atoms with E-state index < -0.39 is 0 Å². The zero-order chi connectivity index (χ0) is 12.6. The van der Waals surface area contributed by atoms with Crippen molar-refractivity contribution in [2.45, 2.75) is 19.8 Å². The Bertz CT molecular complexity index is 549. The molecule has 0 spiro atoms. The van der Waals surface area contributed by atoms with Crippen molar-refractivity contribution in [1.29, 1.82) is 0 Å². The second-order valence-electron chi connectivity index (χ2n) is 4.15. The summed E-state index contributed by atoms with van der Waals surface area (Å²) in [7, 11) is 0. The largest absolute Gasteiger partial charge is 0.382 e. The van der Waals surface area contributed by atoms with Gasteiger partial charge < -0.3 is 5.73 Å². The van der Waals surface area contributed by atoms with E-state index in [-0.39, 0.29) is 11.7 Å². The van der Waals surface area contributed by atoms with Gasteiger partial charge in [-0.1, -0.05) is 19.9 Å². The molecule has 0 fully saturated rings. The van der Waals surface area contributed by atoms with Crippen LogP contribution in [0.3, 0.4) is 0 Å². The molecule has 0 atom stereocenters. The van der Waals surface area contributed by atoms with Crippen LogP contribution < -0.4 is 5.73 Å². The zero-order valence-electron chi connectivity index (χ0n) is 9.59. The molecule has 0 saturated carbocycles. The second-order valence-corrected chi connectivity index (χ2v) is 5.01. The SMILES string of the molecule is CC(C)c1c(N)n[nH]c1-c1cccc(Br)c1F. The summed E-state index contributed by atoms with van der Waals surface area (Å²) in [6.45, 7) is 4.00. The minimum atomic E-state index is -0.307. The average molecular weight is 298 g/mol. The highest BCUT2D eigenvalue weighted by Gasteiger charge is 2.19. The van der Waals surface area contributed by atoms with Gasteiger partial charge in [0.2, 0.25) is 0 Å². The summed E-state index contributed by atoms with van der Waals surface area (Å²) < 4.78 is 14.4. The molecular formula is C12H13BrFN3. The molecule has 0 saturated heterocycles. The van der Waals surface area contributed by atoms with Crippen LogP contribution in [0.1, 0.15) is 25.3 Å². The molecule has 0 aliphatic carbocycles. The summed E-state index contributed by atoms with van der Waals surface area (Å²) in [6, 6.07) is 5.15. The van der Waals surface area contributed by atoms with E-state index in [4.69, 9.17) is 5.73 Å². The quantitative estimate of drug-likeness (QED) is 0.888. The maximum atomic E-state index is 14.0. The molecule has 5 heteroatoms. The van der Waals surface area contributed by atoms with Crippen molar-refractivity contribution in [1.82, 2.24) is 10.2 Å². The summed E-state index contributed by atoms with van der Waals surface area (Å²) in [4.78, 5) is 0. The first-order valence-electron chi connectivity index (χ1n) is 5.30. The Hall–Kier alpha value is -1.36. The van der Waals surface area contributed by atoms with Gasteiger partial charge in [0, 0.05) is 11.1 Å². The van der Waals surface area contributed by atoms with E-state index in [2.05, 4.69) is 26.1 Å². The minimum Gasteiger partial charge on any atom is -0.382 e. The van der Waals surface area contributed by atoms with Crippen molar-refractivity contribution >= 4 is 21.7 Å². The Kier molecular flexibility index (Phi) is 3.19. The van der Waals surface area contributed by atoms with E-state index in [0.717, 1.165) is 5.56 Å². The highest BCUT2D eigenvalue weighted by molar-refractivity contribution is 9.10. The van der Waals surface area contributed by atoms with E-state index in [9.17, 15) is 4.39 Å². The van der Waals surface area contributed by atoms with Crippen LogP contribution in [-0.4, -0.2) is 10.2 Å². The lowest BCUT2D eigenvalue weighted by Gasteiger charge is -2.08. The van der Waals surface area contributed by atoms with Gasteiger partial charge in [0.05, 0.1) is 10.2 Å². The molecule has 0 unspecified atom stereocenters. The van der Waals surface area contributed by atoms with Crippen molar-refractivity contribution in [3.8, 4) is 11.3 Å². The van der Waals surface area contributed by atoms with Gasteiger partial charge in [-0.25, -0.2) is 4.39 Å². The molecule has 1 aromatic heterocycles. The fraction of sp³-hybridized carbons (Fsp3) is 0.250. The molecule has 0 bridgehead atoms. The second kappa shape index (κ2) is 4.49. The van der Waals surface area contributed by atoms with Gasteiger partial charge >= 0.3 is 0 Å². The van der Waals surface area contributed by atoms with Gasteiger partial charge in [-0.3, -0.25) is 5.10 Å².